The summed E-state index contributed by atoms with van der Waals surface area (Å²) in [6.45, 7) is 0. The molecule has 0 heteroatoms. The molecule has 0 atom stereocenters. The number of hydrogen-bond donors (Lipinski definition) is 0. The van der Waals surface area contributed by atoms with Crippen molar-refractivity contribution >= 4 is 64.6 Å². The van der Waals surface area contributed by atoms with Crippen molar-refractivity contribution in [2.45, 2.75) is 0 Å². The molecule has 0 saturated carbocycles. The molecule has 0 amide bonds. The summed E-state index contributed by atoms with van der Waals surface area (Å²) in [5.74, 6) is 0. The standard InChI is InChI=1S/C54H34/c1-3-18-41-38(14-1)33-51(47-24-7-5-20-43(41)47)35-28-30-36(31-29-35)53-49-26-11-9-22-45(49)46-23-10-12-27-50(46)54(53)40-17-13-16-37(32-40)52-34-39-15-2-4-19-42(39)44-21-6-8-25-48(44)52/h1-34H. The zero-order valence-corrected chi connectivity index (χ0v) is 29.6. The molecule has 54 heavy (non-hydrogen) atoms. The van der Waals surface area contributed by atoms with Gasteiger partial charge in [-0.15, -0.1) is 0 Å². The highest BCUT2D eigenvalue weighted by Crippen LogP contribution is 2.46. The number of fused-ring (bicyclic) bond motifs is 9. The Morgan fingerprint density at radius 3 is 1.06 bits per heavy atom. The smallest absolute Gasteiger partial charge is 0.00201 e. The molecule has 0 aliphatic carbocycles. The van der Waals surface area contributed by atoms with E-state index >= 15 is 0 Å². The molecule has 11 aromatic rings. The highest BCUT2D eigenvalue weighted by atomic mass is 14.2. The first kappa shape index (κ1) is 30.6. The molecule has 0 nitrogen and oxygen atoms in total. The molecule has 0 unspecified atom stereocenters. The Kier molecular flexibility index (Phi) is 6.97. The largest absolute Gasteiger partial charge is 0.0616 e. The normalized spacial score (nSPS) is 11.7. The maximum atomic E-state index is 2.41. The van der Waals surface area contributed by atoms with Crippen molar-refractivity contribution in [1.29, 1.82) is 0 Å². The average Bonchev–Trinajstić information content (AvgIpc) is 3.25. The van der Waals surface area contributed by atoms with Gasteiger partial charge in [0.2, 0.25) is 0 Å². The van der Waals surface area contributed by atoms with E-state index in [-0.39, 0.29) is 0 Å². The second kappa shape index (κ2) is 12.3. The molecule has 0 spiro atoms. The highest BCUT2D eigenvalue weighted by molar-refractivity contribution is 6.22. The molecular formula is C54H34. The fraction of sp³-hybridized carbons (Fsp3) is 0. The van der Waals surface area contributed by atoms with Crippen LogP contribution in [0.3, 0.4) is 0 Å². The molecule has 0 aliphatic rings. The first-order chi connectivity index (χ1) is 26.8. The van der Waals surface area contributed by atoms with Gasteiger partial charge in [0.1, 0.15) is 0 Å². The Bertz CT molecular complexity index is 3260. The van der Waals surface area contributed by atoms with Crippen molar-refractivity contribution in [3.8, 4) is 44.5 Å². The summed E-state index contributed by atoms with van der Waals surface area (Å²) in [7, 11) is 0. The number of benzene rings is 11. The maximum absolute atomic E-state index is 2.41. The second-order valence-corrected chi connectivity index (χ2v) is 14.4. The molecular weight excluding hydrogens is 649 g/mol. The quantitative estimate of drug-likeness (QED) is 0.162. The van der Waals surface area contributed by atoms with Crippen LogP contribution in [0.4, 0.5) is 0 Å². The van der Waals surface area contributed by atoms with E-state index in [1.54, 1.807) is 0 Å². The lowest BCUT2D eigenvalue weighted by Crippen LogP contribution is -1.93. The van der Waals surface area contributed by atoms with E-state index in [9.17, 15) is 0 Å². The summed E-state index contributed by atoms with van der Waals surface area (Å²) in [4.78, 5) is 0. The van der Waals surface area contributed by atoms with Gasteiger partial charge in [-0.25, -0.2) is 0 Å². The van der Waals surface area contributed by atoms with Crippen molar-refractivity contribution in [1.82, 2.24) is 0 Å². The van der Waals surface area contributed by atoms with Gasteiger partial charge < -0.3 is 0 Å². The molecule has 0 heterocycles. The zero-order chi connectivity index (χ0) is 35.6. The lowest BCUT2D eigenvalue weighted by Gasteiger charge is -2.20. The van der Waals surface area contributed by atoms with Crippen LogP contribution in [0.15, 0.2) is 206 Å². The van der Waals surface area contributed by atoms with Gasteiger partial charge in [0.25, 0.3) is 0 Å². The minimum absolute atomic E-state index is 1.21. The second-order valence-electron chi connectivity index (χ2n) is 14.4. The summed E-state index contributed by atoms with van der Waals surface area (Å²) in [6, 6.07) is 76.1. The summed E-state index contributed by atoms with van der Waals surface area (Å²) >= 11 is 0. The molecule has 0 bridgehead atoms. The van der Waals surface area contributed by atoms with E-state index in [0.717, 1.165) is 0 Å². The monoisotopic (exact) mass is 682 g/mol. The molecule has 11 aromatic carbocycles. The molecule has 0 aromatic heterocycles. The van der Waals surface area contributed by atoms with E-state index in [4.69, 9.17) is 0 Å². The van der Waals surface area contributed by atoms with Gasteiger partial charge >= 0.3 is 0 Å². The van der Waals surface area contributed by atoms with Crippen molar-refractivity contribution in [3.05, 3.63) is 206 Å². The van der Waals surface area contributed by atoms with E-state index in [1.165, 1.54) is 109 Å². The molecule has 0 fully saturated rings. The molecule has 11 rings (SSSR count). The van der Waals surface area contributed by atoms with E-state index in [2.05, 4.69) is 206 Å². The van der Waals surface area contributed by atoms with Crippen molar-refractivity contribution < 1.29 is 0 Å². The van der Waals surface area contributed by atoms with Crippen LogP contribution in [-0.2, 0) is 0 Å². The first-order valence-corrected chi connectivity index (χ1v) is 18.8. The van der Waals surface area contributed by atoms with Crippen LogP contribution in [0.5, 0.6) is 0 Å². The van der Waals surface area contributed by atoms with Gasteiger partial charge in [-0.3, -0.25) is 0 Å². The van der Waals surface area contributed by atoms with Crippen LogP contribution in [0.2, 0.25) is 0 Å². The topological polar surface area (TPSA) is 0 Å². The molecule has 0 aliphatic heterocycles. The summed E-state index contributed by atoms with van der Waals surface area (Å²) in [5, 5.41) is 15.3. The zero-order valence-electron chi connectivity index (χ0n) is 29.6. The Labute approximate surface area is 314 Å². The van der Waals surface area contributed by atoms with Gasteiger partial charge in [0, 0.05) is 0 Å². The van der Waals surface area contributed by atoms with Crippen LogP contribution >= 0.6 is 0 Å². The predicted molar refractivity (Wildman–Crippen MR) is 233 cm³/mol. The van der Waals surface area contributed by atoms with E-state index in [0.29, 0.717) is 0 Å². The summed E-state index contributed by atoms with van der Waals surface area (Å²) in [5.41, 5.74) is 9.90. The maximum Gasteiger partial charge on any atom is -0.00201 e. The third kappa shape index (κ3) is 4.78. The molecule has 250 valence electrons. The fourth-order valence-corrected chi connectivity index (χ4v) is 8.99. The van der Waals surface area contributed by atoms with Gasteiger partial charge in [-0.05, 0) is 127 Å². The molecule has 0 radical (unpaired) electrons. The number of hydrogen-bond acceptors (Lipinski definition) is 0. The van der Waals surface area contributed by atoms with Gasteiger partial charge in [-0.2, -0.15) is 0 Å². The number of rotatable bonds is 4. The van der Waals surface area contributed by atoms with Crippen molar-refractivity contribution in [2.75, 3.05) is 0 Å². The molecule has 0 saturated heterocycles. The van der Waals surface area contributed by atoms with E-state index < -0.39 is 0 Å². The van der Waals surface area contributed by atoms with Crippen LogP contribution in [0.1, 0.15) is 0 Å². The van der Waals surface area contributed by atoms with Crippen LogP contribution in [0.25, 0.3) is 109 Å². The first-order valence-electron chi connectivity index (χ1n) is 18.8. The van der Waals surface area contributed by atoms with Gasteiger partial charge in [0.05, 0.1) is 0 Å². The minimum atomic E-state index is 1.21. The summed E-state index contributed by atoms with van der Waals surface area (Å²) < 4.78 is 0. The Morgan fingerprint density at radius 2 is 0.537 bits per heavy atom. The Morgan fingerprint density at radius 1 is 0.185 bits per heavy atom. The lowest BCUT2D eigenvalue weighted by atomic mass is 9.83. The van der Waals surface area contributed by atoms with Crippen molar-refractivity contribution in [2.24, 2.45) is 0 Å². The summed E-state index contributed by atoms with van der Waals surface area (Å²) in [6.07, 6.45) is 0. The van der Waals surface area contributed by atoms with Crippen LogP contribution in [-0.4, -0.2) is 0 Å². The Hall–Kier alpha value is -7.02. The third-order valence-corrected chi connectivity index (χ3v) is 11.4. The minimum Gasteiger partial charge on any atom is -0.0616 e. The molecule has 0 N–H and O–H groups in total. The SMILES string of the molecule is c1cc(-c2cc3ccccc3c3ccccc23)cc(-c2c(-c3ccc(-c4cc5ccccc5c5ccccc45)cc3)c3ccccc3c3ccccc23)c1. The van der Waals surface area contributed by atoms with Crippen LogP contribution < -0.4 is 0 Å². The third-order valence-electron chi connectivity index (χ3n) is 11.4. The predicted octanol–water partition coefficient (Wildman–Crippen LogP) is 15.3. The Balaban J connectivity index is 1.15. The van der Waals surface area contributed by atoms with E-state index in [1.807, 2.05) is 0 Å². The lowest BCUT2D eigenvalue weighted by molar-refractivity contribution is 1.61. The van der Waals surface area contributed by atoms with Crippen molar-refractivity contribution in [3.63, 3.8) is 0 Å². The highest BCUT2D eigenvalue weighted by Gasteiger charge is 2.19. The van der Waals surface area contributed by atoms with Gasteiger partial charge in [0.15, 0.2) is 0 Å². The fourth-order valence-electron chi connectivity index (χ4n) is 8.99. The van der Waals surface area contributed by atoms with Crippen LogP contribution in [0, 0.1) is 0 Å². The van der Waals surface area contributed by atoms with Gasteiger partial charge in [-0.1, -0.05) is 188 Å². The average molecular weight is 683 g/mol.